The molecule has 7 nitrogen and oxygen atoms in total. The Morgan fingerprint density at radius 3 is 2.19 bits per heavy atom. The number of hydrogen-bond donors (Lipinski definition) is 2. The number of fused-ring (bicyclic) bond motifs is 1. The van der Waals surface area contributed by atoms with E-state index in [0.29, 0.717) is 22.9 Å². The van der Waals surface area contributed by atoms with Crippen molar-refractivity contribution in [1.82, 2.24) is 19.9 Å². The molecule has 0 atom stereocenters. The highest BCUT2D eigenvalue weighted by Crippen LogP contribution is 2.24. The van der Waals surface area contributed by atoms with Crippen LogP contribution in [-0.2, 0) is 0 Å². The van der Waals surface area contributed by atoms with Crippen molar-refractivity contribution in [2.75, 3.05) is 17.7 Å². The van der Waals surface area contributed by atoms with Gasteiger partial charge in [-0.15, -0.1) is 0 Å². The van der Waals surface area contributed by atoms with Crippen LogP contribution in [-0.4, -0.2) is 27.0 Å². The fraction of sp³-hybridized carbons (Fsp3) is 0.100. The highest BCUT2D eigenvalue weighted by Gasteiger charge is 2.10. The van der Waals surface area contributed by atoms with Crippen molar-refractivity contribution in [2.45, 2.75) is 6.92 Å². The van der Waals surface area contributed by atoms with Crippen molar-refractivity contribution in [2.24, 2.45) is 0 Å². The Morgan fingerprint density at radius 1 is 0.778 bits per heavy atom. The Morgan fingerprint density at radius 2 is 1.44 bits per heavy atom. The number of methoxy groups -OCH3 is 1. The lowest BCUT2D eigenvalue weighted by molar-refractivity contribution is 0.415. The number of aromatic nitrogens is 4. The molecule has 0 unspecified atom stereocenters. The molecule has 0 bridgehead atoms. The highest BCUT2D eigenvalue weighted by molar-refractivity contribution is 5.86. The first kappa shape index (κ1) is 16.7. The molecule has 0 radical (unpaired) electrons. The van der Waals surface area contributed by atoms with Gasteiger partial charge in [0, 0.05) is 23.8 Å². The van der Waals surface area contributed by atoms with Crippen molar-refractivity contribution >= 4 is 34.3 Å². The van der Waals surface area contributed by atoms with E-state index in [0.717, 1.165) is 17.1 Å². The van der Waals surface area contributed by atoms with E-state index in [4.69, 9.17) is 4.74 Å². The van der Waals surface area contributed by atoms with Crippen molar-refractivity contribution in [3.05, 3.63) is 66.5 Å². The van der Waals surface area contributed by atoms with E-state index in [1.165, 1.54) is 5.56 Å². The fourth-order valence-corrected chi connectivity index (χ4v) is 2.58. The molecule has 0 fully saturated rings. The number of anilines is 4. The summed E-state index contributed by atoms with van der Waals surface area (Å²) in [7, 11) is 1.64. The molecule has 27 heavy (non-hydrogen) atoms. The summed E-state index contributed by atoms with van der Waals surface area (Å²) in [5.41, 5.74) is 4.08. The third-order valence-electron chi connectivity index (χ3n) is 3.99. The van der Waals surface area contributed by atoms with E-state index >= 15 is 0 Å². The Balaban J connectivity index is 1.69. The minimum absolute atomic E-state index is 0.433. The molecule has 4 aromatic rings. The van der Waals surface area contributed by atoms with Crippen molar-refractivity contribution in [3.8, 4) is 5.75 Å². The van der Waals surface area contributed by atoms with Crippen molar-refractivity contribution in [1.29, 1.82) is 0 Å². The number of rotatable bonds is 5. The van der Waals surface area contributed by atoms with E-state index in [1.54, 1.807) is 19.5 Å². The van der Waals surface area contributed by atoms with Gasteiger partial charge >= 0.3 is 0 Å². The molecule has 0 spiro atoms. The Labute approximate surface area is 156 Å². The lowest BCUT2D eigenvalue weighted by Gasteiger charge is -2.11. The van der Waals surface area contributed by atoms with Crippen LogP contribution < -0.4 is 15.4 Å². The zero-order valence-electron chi connectivity index (χ0n) is 15.0. The summed E-state index contributed by atoms with van der Waals surface area (Å²) >= 11 is 0. The van der Waals surface area contributed by atoms with Gasteiger partial charge in [-0.1, -0.05) is 17.7 Å². The second-order valence-electron chi connectivity index (χ2n) is 5.97. The van der Waals surface area contributed by atoms with E-state index in [-0.39, 0.29) is 0 Å². The molecule has 7 heteroatoms. The third-order valence-corrected chi connectivity index (χ3v) is 3.99. The number of nitrogens with zero attached hydrogens (tertiary/aromatic N) is 4. The third kappa shape index (κ3) is 3.77. The topological polar surface area (TPSA) is 84.9 Å². The van der Waals surface area contributed by atoms with Crippen LogP contribution in [0.3, 0.4) is 0 Å². The Bertz CT molecular complexity index is 1060. The summed E-state index contributed by atoms with van der Waals surface area (Å²) < 4.78 is 5.18. The van der Waals surface area contributed by atoms with Gasteiger partial charge in [0.2, 0.25) is 5.95 Å². The lowest BCUT2D eigenvalue weighted by Crippen LogP contribution is -2.04. The van der Waals surface area contributed by atoms with Gasteiger partial charge in [-0.2, -0.15) is 9.97 Å². The van der Waals surface area contributed by atoms with Gasteiger partial charge in [0.1, 0.15) is 5.75 Å². The molecule has 0 saturated carbocycles. The quantitative estimate of drug-likeness (QED) is 0.552. The number of hydrogen-bond acceptors (Lipinski definition) is 7. The highest BCUT2D eigenvalue weighted by atomic mass is 16.5. The Kier molecular flexibility index (Phi) is 4.49. The van der Waals surface area contributed by atoms with Crippen LogP contribution in [0.15, 0.2) is 60.9 Å². The molecular formula is C20H18N6O. The summed E-state index contributed by atoms with van der Waals surface area (Å²) in [6.45, 7) is 2.05. The molecule has 2 aromatic carbocycles. The average Bonchev–Trinajstić information content (AvgIpc) is 2.70. The molecular weight excluding hydrogens is 340 g/mol. The minimum atomic E-state index is 0.433. The number of nitrogens with one attached hydrogen (secondary N) is 2. The van der Waals surface area contributed by atoms with E-state index in [1.807, 2.05) is 55.5 Å². The zero-order chi connectivity index (χ0) is 18.6. The van der Waals surface area contributed by atoms with E-state index in [2.05, 4.69) is 30.6 Å². The Hall–Kier alpha value is -3.74. The summed E-state index contributed by atoms with van der Waals surface area (Å²) in [5, 5.41) is 6.50. The van der Waals surface area contributed by atoms with Gasteiger partial charge in [0.25, 0.3) is 0 Å². The summed E-state index contributed by atoms with van der Waals surface area (Å²) in [5.74, 6) is 1.81. The average molecular weight is 358 g/mol. The maximum absolute atomic E-state index is 5.18. The smallest absolute Gasteiger partial charge is 0.231 e. The molecule has 0 aliphatic heterocycles. The van der Waals surface area contributed by atoms with Crippen LogP contribution in [0.4, 0.5) is 23.1 Å². The maximum Gasteiger partial charge on any atom is 0.231 e. The van der Waals surface area contributed by atoms with Crippen LogP contribution >= 0.6 is 0 Å². The second kappa shape index (κ2) is 7.25. The standard InChI is InChI=1S/C20H18N6O/c1-13-3-5-14(6-4-13)23-19-17-18(22-12-11-21-17)25-20(26-19)24-15-7-9-16(27-2)10-8-15/h3-12H,1-2H3,(H2,22,23,24,25,26). The normalized spacial score (nSPS) is 10.6. The molecule has 2 N–H and O–H groups in total. The van der Waals surface area contributed by atoms with Gasteiger partial charge in [0.05, 0.1) is 7.11 Å². The number of aryl methyl sites for hydroxylation is 1. The summed E-state index contributed by atoms with van der Waals surface area (Å²) in [4.78, 5) is 17.7. The van der Waals surface area contributed by atoms with Gasteiger partial charge in [-0.3, -0.25) is 0 Å². The summed E-state index contributed by atoms with van der Waals surface area (Å²) in [6, 6.07) is 15.6. The van der Waals surface area contributed by atoms with Gasteiger partial charge < -0.3 is 15.4 Å². The first-order chi connectivity index (χ1) is 13.2. The largest absolute Gasteiger partial charge is 0.497 e. The van der Waals surface area contributed by atoms with Crippen molar-refractivity contribution in [3.63, 3.8) is 0 Å². The number of benzene rings is 2. The van der Waals surface area contributed by atoms with E-state index in [9.17, 15) is 0 Å². The molecule has 0 amide bonds. The van der Waals surface area contributed by atoms with E-state index < -0.39 is 0 Å². The first-order valence-corrected chi connectivity index (χ1v) is 8.45. The monoisotopic (exact) mass is 358 g/mol. The molecule has 2 heterocycles. The maximum atomic E-state index is 5.18. The molecule has 0 aliphatic carbocycles. The lowest BCUT2D eigenvalue weighted by atomic mass is 10.2. The van der Waals surface area contributed by atoms with Crippen LogP contribution in [0.25, 0.3) is 11.2 Å². The number of ether oxygens (including phenoxy) is 1. The molecule has 4 rings (SSSR count). The van der Waals surface area contributed by atoms with Gasteiger partial charge in [-0.05, 0) is 43.3 Å². The van der Waals surface area contributed by atoms with Crippen LogP contribution in [0, 0.1) is 6.92 Å². The second-order valence-corrected chi connectivity index (χ2v) is 5.97. The first-order valence-electron chi connectivity index (χ1n) is 8.45. The molecule has 134 valence electrons. The molecule has 2 aromatic heterocycles. The minimum Gasteiger partial charge on any atom is -0.497 e. The predicted molar refractivity (Wildman–Crippen MR) is 106 cm³/mol. The van der Waals surface area contributed by atoms with Gasteiger partial charge in [-0.25, -0.2) is 9.97 Å². The predicted octanol–water partition coefficient (Wildman–Crippen LogP) is 4.22. The van der Waals surface area contributed by atoms with Gasteiger partial charge in [0.15, 0.2) is 17.0 Å². The molecule has 0 saturated heterocycles. The summed E-state index contributed by atoms with van der Waals surface area (Å²) in [6.07, 6.45) is 3.24. The zero-order valence-corrected chi connectivity index (χ0v) is 15.0. The SMILES string of the molecule is COc1ccc(Nc2nc(Nc3ccc(C)cc3)c3nccnc3n2)cc1. The van der Waals surface area contributed by atoms with Crippen LogP contribution in [0.2, 0.25) is 0 Å². The molecule has 0 aliphatic rings. The fourth-order valence-electron chi connectivity index (χ4n) is 2.58. The van der Waals surface area contributed by atoms with Crippen molar-refractivity contribution < 1.29 is 4.74 Å². The van der Waals surface area contributed by atoms with Crippen LogP contribution in [0.5, 0.6) is 5.75 Å². The van der Waals surface area contributed by atoms with Crippen LogP contribution in [0.1, 0.15) is 5.56 Å².